The maximum absolute atomic E-state index is 2.35. The van der Waals surface area contributed by atoms with E-state index in [-0.39, 0.29) is 0 Å². The second-order valence-electron chi connectivity index (χ2n) is 9.44. The summed E-state index contributed by atoms with van der Waals surface area (Å²) in [5.41, 5.74) is 8.89. The summed E-state index contributed by atoms with van der Waals surface area (Å²) in [5.74, 6) is 0. The van der Waals surface area contributed by atoms with Crippen LogP contribution in [0.2, 0.25) is 0 Å². The van der Waals surface area contributed by atoms with E-state index in [2.05, 4.69) is 127 Å². The van der Waals surface area contributed by atoms with Gasteiger partial charge in [-0.1, -0.05) is 55.3 Å². The molecule has 0 bridgehead atoms. The molecular weight excluding hydrogens is 412 g/mol. The summed E-state index contributed by atoms with van der Waals surface area (Å²) in [6.07, 6.45) is 6.69. The zero-order valence-electron chi connectivity index (χ0n) is 20.0. The molecule has 0 atom stereocenters. The minimum atomic E-state index is 1.11. The quantitative estimate of drug-likeness (QED) is 0.196. The second kappa shape index (κ2) is 8.14. The van der Waals surface area contributed by atoms with Crippen LogP contribution in [-0.2, 0) is 13.5 Å². The molecule has 6 aromatic rings. The highest BCUT2D eigenvalue weighted by molar-refractivity contribution is 6.05. The number of hydrogen-bond donors (Lipinski definition) is 0. The first-order valence-corrected chi connectivity index (χ1v) is 12.1. The summed E-state index contributed by atoms with van der Waals surface area (Å²) in [6.45, 7) is 4.40. The summed E-state index contributed by atoms with van der Waals surface area (Å²) < 4.78 is 4.55. The van der Waals surface area contributed by atoms with E-state index >= 15 is 0 Å². The van der Waals surface area contributed by atoms with Crippen molar-refractivity contribution in [1.29, 1.82) is 0 Å². The van der Waals surface area contributed by atoms with E-state index in [1.54, 1.807) is 0 Å². The third kappa shape index (κ3) is 3.47. The molecule has 2 aromatic heterocycles. The van der Waals surface area contributed by atoms with Crippen molar-refractivity contribution in [1.82, 2.24) is 4.57 Å². The molecule has 2 nitrogen and oxygen atoms in total. The number of aryl methyl sites for hydroxylation is 3. The molecule has 0 aliphatic carbocycles. The molecule has 0 aliphatic heterocycles. The van der Waals surface area contributed by atoms with Gasteiger partial charge in [0.1, 0.15) is 7.05 Å². The fourth-order valence-electron chi connectivity index (χ4n) is 5.22. The Kier molecular flexibility index (Phi) is 4.95. The van der Waals surface area contributed by atoms with E-state index in [0.717, 1.165) is 12.8 Å². The van der Waals surface area contributed by atoms with E-state index in [1.165, 1.54) is 60.5 Å². The Morgan fingerprint density at radius 2 is 1.59 bits per heavy atom. The van der Waals surface area contributed by atoms with Crippen molar-refractivity contribution < 1.29 is 4.57 Å². The maximum atomic E-state index is 2.35. The van der Waals surface area contributed by atoms with Crippen LogP contribution in [0.25, 0.3) is 49.4 Å². The first-order chi connectivity index (χ1) is 16.6. The van der Waals surface area contributed by atoms with Crippen LogP contribution in [0.15, 0.2) is 97.3 Å². The predicted octanol–water partition coefficient (Wildman–Crippen LogP) is 7.69. The van der Waals surface area contributed by atoms with E-state index in [0.29, 0.717) is 0 Å². The van der Waals surface area contributed by atoms with Crippen molar-refractivity contribution in [2.45, 2.75) is 26.7 Å². The Labute approximate surface area is 200 Å². The SMILES string of the molecule is CCCc1cccc(-n2ccc3ccc(-c4ccc5c(c4)c4cc(C)ccc4c[n+]5C)cc32)c1. The standard InChI is InChI=1S/C32H29N2/c1-4-6-23-7-5-8-28(18-23)34-16-15-24-11-12-26(20-32(24)34)25-13-14-31-30(19-25)29-17-22(2)9-10-27(29)21-33(31)3/h5,7-21H,4,6H2,1-3H3/q+1. The maximum Gasteiger partial charge on any atom is 0.212 e. The zero-order chi connectivity index (χ0) is 23.2. The Balaban J connectivity index is 1.52. The van der Waals surface area contributed by atoms with Gasteiger partial charge in [-0.15, -0.1) is 0 Å². The summed E-state index contributed by atoms with van der Waals surface area (Å²) in [6, 6.07) is 31.5. The predicted molar refractivity (Wildman–Crippen MR) is 144 cm³/mol. The van der Waals surface area contributed by atoms with Crippen molar-refractivity contribution in [3.8, 4) is 16.8 Å². The molecule has 0 fully saturated rings. The number of nitrogens with zero attached hydrogens (tertiary/aromatic N) is 2. The van der Waals surface area contributed by atoms with Crippen LogP contribution in [0.1, 0.15) is 24.5 Å². The average molecular weight is 442 g/mol. The van der Waals surface area contributed by atoms with Crippen LogP contribution in [0.3, 0.4) is 0 Å². The lowest BCUT2D eigenvalue weighted by molar-refractivity contribution is -0.643. The highest BCUT2D eigenvalue weighted by Gasteiger charge is 2.13. The normalized spacial score (nSPS) is 11.6. The molecule has 166 valence electrons. The van der Waals surface area contributed by atoms with E-state index in [1.807, 2.05) is 0 Å². The van der Waals surface area contributed by atoms with Crippen LogP contribution >= 0.6 is 0 Å². The lowest BCUT2D eigenvalue weighted by Gasteiger charge is -2.10. The molecule has 2 heterocycles. The van der Waals surface area contributed by atoms with Gasteiger partial charge >= 0.3 is 0 Å². The van der Waals surface area contributed by atoms with Gasteiger partial charge < -0.3 is 4.57 Å². The number of aromatic nitrogens is 2. The molecule has 0 N–H and O–H groups in total. The fraction of sp³-hybridized carbons (Fsp3) is 0.156. The molecule has 2 heteroatoms. The molecule has 6 rings (SSSR count). The fourth-order valence-corrected chi connectivity index (χ4v) is 5.22. The van der Waals surface area contributed by atoms with Crippen LogP contribution in [0.4, 0.5) is 0 Å². The summed E-state index contributed by atoms with van der Waals surface area (Å²) >= 11 is 0. The van der Waals surface area contributed by atoms with Crippen LogP contribution in [-0.4, -0.2) is 4.57 Å². The Hall–Kier alpha value is -3.91. The van der Waals surface area contributed by atoms with Gasteiger partial charge in [-0.25, -0.2) is 4.57 Å². The minimum absolute atomic E-state index is 1.11. The highest BCUT2D eigenvalue weighted by Crippen LogP contribution is 2.31. The number of fused-ring (bicyclic) bond motifs is 4. The molecule has 0 unspecified atom stereocenters. The summed E-state index contributed by atoms with van der Waals surface area (Å²) in [4.78, 5) is 0. The van der Waals surface area contributed by atoms with Crippen LogP contribution < -0.4 is 4.57 Å². The van der Waals surface area contributed by atoms with E-state index in [9.17, 15) is 0 Å². The third-order valence-corrected chi connectivity index (χ3v) is 6.96. The van der Waals surface area contributed by atoms with Crippen LogP contribution in [0.5, 0.6) is 0 Å². The number of pyridine rings is 1. The second-order valence-corrected chi connectivity index (χ2v) is 9.44. The summed E-state index contributed by atoms with van der Waals surface area (Å²) in [5, 5.41) is 5.14. The van der Waals surface area contributed by atoms with Crippen molar-refractivity contribution in [3.05, 3.63) is 108 Å². The number of rotatable bonds is 4. The lowest BCUT2D eigenvalue weighted by Crippen LogP contribution is -2.28. The van der Waals surface area contributed by atoms with Gasteiger partial charge in [0.2, 0.25) is 5.52 Å². The Bertz CT molecular complexity index is 1690. The number of hydrogen-bond acceptors (Lipinski definition) is 0. The van der Waals surface area contributed by atoms with Gasteiger partial charge in [0.15, 0.2) is 6.20 Å². The van der Waals surface area contributed by atoms with Crippen molar-refractivity contribution in [2.24, 2.45) is 7.05 Å². The monoisotopic (exact) mass is 441 g/mol. The van der Waals surface area contributed by atoms with Crippen LogP contribution in [0, 0.1) is 6.92 Å². The van der Waals surface area contributed by atoms with Gasteiger partial charge in [-0.2, -0.15) is 0 Å². The topological polar surface area (TPSA) is 8.81 Å². The van der Waals surface area contributed by atoms with E-state index in [4.69, 9.17) is 0 Å². The van der Waals surface area contributed by atoms with Gasteiger partial charge in [0, 0.05) is 28.7 Å². The zero-order valence-corrected chi connectivity index (χ0v) is 20.0. The van der Waals surface area contributed by atoms with Crippen molar-refractivity contribution in [3.63, 3.8) is 0 Å². The Morgan fingerprint density at radius 3 is 2.47 bits per heavy atom. The minimum Gasteiger partial charge on any atom is -0.317 e. The molecule has 0 amide bonds. The molecule has 0 aliphatic rings. The van der Waals surface area contributed by atoms with Gasteiger partial charge in [0.25, 0.3) is 0 Å². The number of benzene rings is 4. The average Bonchev–Trinajstić information content (AvgIpc) is 3.28. The van der Waals surface area contributed by atoms with Crippen molar-refractivity contribution >= 4 is 32.6 Å². The van der Waals surface area contributed by atoms with Gasteiger partial charge in [-0.3, -0.25) is 0 Å². The molecule has 0 saturated carbocycles. The first kappa shape index (κ1) is 20.7. The van der Waals surface area contributed by atoms with Gasteiger partial charge in [-0.05, 0) is 77.9 Å². The smallest absolute Gasteiger partial charge is 0.212 e. The lowest BCUT2D eigenvalue weighted by atomic mass is 9.98. The molecule has 0 radical (unpaired) electrons. The molecule has 34 heavy (non-hydrogen) atoms. The molecule has 0 saturated heterocycles. The molecule has 0 spiro atoms. The highest BCUT2D eigenvalue weighted by atomic mass is 15.0. The molecular formula is C32H29N2+. The first-order valence-electron chi connectivity index (χ1n) is 12.1. The van der Waals surface area contributed by atoms with Gasteiger partial charge in [0.05, 0.1) is 10.9 Å². The van der Waals surface area contributed by atoms with Crippen molar-refractivity contribution in [2.75, 3.05) is 0 Å². The summed E-state index contributed by atoms with van der Waals surface area (Å²) in [7, 11) is 2.13. The van der Waals surface area contributed by atoms with E-state index < -0.39 is 0 Å². The third-order valence-electron chi connectivity index (χ3n) is 6.96. The largest absolute Gasteiger partial charge is 0.317 e. The molecule has 4 aromatic carbocycles. The Morgan fingerprint density at radius 1 is 0.765 bits per heavy atom.